The number of hydrogen-bond acceptors (Lipinski definition) is 7. The van der Waals surface area contributed by atoms with Crippen molar-refractivity contribution in [3.05, 3.63) is 60.4 Å². The van der Waals surface area contributed by atoms with Crippen LogP contribution >= 0.6 is 0 Å². The van der Waals surface area contributed by atoms with Crippen molar-refractivity contribution in [3.63, 3.8) is 0 Å². The minimum absolute atomic E-state index is 0.296. The SMILES string of the molecule is Fc1ccccc1-c1cc(CNCCN2CCN(c3ncccn3)CC2)on1. The molecule has 2 aromatic heterocycles. The van der Waals surface area contributed by atoms with Crippen LogP contribution in [0.5, 0.6) is 0 Å². The number of halogens is 1. The largest absolute Gasteiger partial charge is 0.359 e. The van der Waals surface area contributed by atoms with E-state index in [0.29, 0.717) is 23.6 Å². The number of piperazine rings is 1. The lowest BCUT2D eigenvalue weighted by Crippen LogP contribution is -2.48. The lowest BCUT2D eigenvalue weighted by atomic mass is 10.1. The quantitative estimate of drug-likeness (QED) is 0.628. The predicted octanol–water partition coefficient (Wildman–Crippen LogP) is 2.18. The molecule has 146 valence electrons. The topological polar surface area (TPSA) is 70.3 Å². The highest BCUT2D eigenvalue weighted by molar-refractivity contribution is 5.59. The van der Waals surface area contributed by atoms with Crippen LogP contribution in [0.1, 0.15) is 5.76 Å². The van der Waals surface area contributed by atoms with Crippen molar-refractivity contribution < 1.29 is 8.91 Å². The summed E-state index contributed by atoms with van der Waals surface area (Å²) in [6.07, 6.45) is 3.55. The summed E-state index contributed by atoms with van der Waals surface area (Å²) in [6, 6.07) is 10.2. The van der Waals surface area contributed by atoms with E-state index in [1.54, 1.807) is 36.7 Å². The van der Waals surface area contributed by atoms with Crippen LogP contribution in [0.3, 0.4) is 0 Å². The number of aromatic nitrogens is 3. The van der Waals surface area contributed by atoms with Gasteiger partial charge in [-0.1, -0.05) is 17.3 Å². The minimum atomic E-state index is -0.296. The fourth-order valence-corrected chi connectivity index (χ4v) is 3.27. The van der Waals surface area contributed by atoms with Gasteiger partial charge in [0.05, 0.1) is 6.54 Å². The van der Waals surface area contributed by atoms with E-state index >= 15 is 0 Å². The normalized spacial score (nSPS) is 15.1. The molecule has 7 nitrogen and oxygen atoms in total. The Morgan fingerprint density at radius 1 is 1.04 bits per heavy atom. The summed E-state index contributed by atoms with van der Waals surface area (Å²) < 4.78 is 19.1. The maximum absolute atomic E-state index is 13.8. The van der Waals surface area contributed by atoms with Crippen LogP contribution in [0.2, 0.25) is 0 Å². The second kappa shape index (κ2) is 8.90. The van der Waals surface area contributed by atoms with Gasteiger partial charge in [0, 0.05) is 63.3 Å². The summed E-state index contributed by atoms with van der Waals surface area (Å²) in [6.45, 7) is 6.20. The van der Waals surface area contributed by atoms with Gasteiger partial charge in [-0.15, -0.1) is 0 Å². The molecule has 0 aliphatic carbocycles. The van der Waals surface area contributed by atoms with Gasteiger partial charge in [0.1, 0.15) is 11.5 Å². The first kappa shape index (κ1) is 18.5. The van der Waals surface area contributed by atoms with E-state index in [-0.39, 0.29) is 5.82 Å². The fourth-order valence-electron chi connectivity index (χ4n) is 3.27. The smallest absolute Gasteiger partial charge is 0.225 e. The lowest BCUT2D eigenvalue weighted by Gasteiger charge is -2.34. The van der Waals surface area contributed by atoms with Gasteiger partial charge >= 0.3 is 0 Å². The standard InChI is InChI=1S/C20H23FN6O/c21-18-5-2-1-4-17(18)19-14-16(28-25-19)15-22-8-9-26-10-12-27(13-11-26)20-23-6-3-7-24-20/h1-7,14,22H,8-13,15H2. The van der Waals surface area contributed by atoms with Crippen molar-refractivity contribution >= 4 is 5.95 Å². The number of nitrogens with one attached hydrogen (secondary N) is 1. The Bertz CT molecular complexity index is 879. The summed E-state index contributed by atoms with van der Waals surface area (Å²) >= 11 is 0. The number of rotatable bonds is 7. The molecule has 3 heterocycles. The average molecular weight is 382 g/mol. The van der Waals surface area contributed by atoms with E-state index in [1.165, 1.54) is 6.07 Å². The summed E-state index contributed by atoms with van der Waals surface area (Å²) in [5.41, 5.74) is 0.979. The third kappa shape index (κ3) is 4.52. The zero-order chi connectivity index (χ0) is 19.2. The van der Waals surface area contributed by atoms with E-state index in [2.05, 4.69) is 30.2 Å². The van der Waals surface area contributed by atoms with Gasteiger partial charge in [-0.05, 0) is 18.2 Å². The lowest BCUT2D eigenvalue weighted by molar-refractivity contribution is 0.254. The third-order valence-corrected chi connectivity index (χ3v) is 4.82. The minimum Gasteiger partial charge on any atom is -0.359 e. The maximum Gasteiger partial charge on any atom is 0.225 e. The second-order valence-electron chi connectivity index (χ2n) is 6.71. The summed E-state index contributed by atoms with van der Waals surface area (Å²) in [7, 11) is 0. The molecule has 0 atom stereocenters. The third-order valence-electron chi connectivity index (χ3n) is 4.82. The van der Waals surface area contributed by atoms with Crippen LogP contribution in [-0.4, -0.2) is 59.3 Å². The first-order valence-corrected chi connectivity index (χ1v) is 9.45. The van der Waals surface area contributed by atoms with E-state index in [9.17, 15) is 4.39 Å². The van der Waals surface area contributed by atoms with Crippen molar-refractivity contribution in [2.24, 2.45) is 0 Å². The Balaban J connectivity index is 1.18. The van der Waals surface area contributed by atoms with Gasteiger partial charge in [-0.3, -0.25) is 4.90 Å². The number of hydrogen-bond donors (Lipinski definition) is 1. The Hall–Kier alpha value is -2.84. The van der Waals surface area contributed by atoms with Gasteiger partial charge in [0.25, 0.3) is 0 Å². The molecule has 1 N–H and O–H groups in total. The van der Waals surface area contributed by atoms with E-state index in [1.807, 2.05) is 6.07 Å². The molecular weight excluding hydrogens is 359 g/mol. The molecule has 0 bridgehead atoms. The Labute approximate surface area is 163 Å². The molecule has 1 aromatic carbocycles. The van der Waals surface area contributed by atoms with Gasteiger partial charge in [0.2, 0.25) is 5.95 Å². The highest BCUT2D eigenvalue weighted by Crippen LogP contribution is 2.21. The molecule has 0 unspecified atom stereocenters. The zero-order valence-electron chi connectivity index (χ0n) is 15.6. The molecule has 28 heavy (non-hydrogen) atoms. The number of nitrogens with zero attached hydrogens (tertiary/aromatic N) is 5. The average Bonchev–Trinajstić information content (AvgIpc) is 3.21. The Morgan fingerprint density at radius 2 is 1.82 bits per heavy atom. The van der Waals surface area contributed by atoms with Crippen molar-refractivity contribution in [1.82, 2.24) is 25.3 Å². The fraction of sp³-hybridized carbons (Fsp3) is 0.350. The molecule has 0 radical (unpaired) electrons. The first-order chi connectivity index (χ1) is 13.8. The van der Waals surface area contributed by atoms with Gasteiger partial charge in [0.15, 0.2) is 5.76 Å². The molecule has 1 fully saturated rings. The molecule has 0 saturated carbocycles. The summed E-state index contributed by atoms with van der Waals surface area (Å²) in [5, 5.41) is 7.33. The molecule has 0 amide bonds. The molecule has 8 heteroatoms. The van der Waals surface area contributed by atoms with E-state index in [0.717, 1.165) is 45.2 Å². The van der Waals surface area contributed by atoms with Gasteiger partial charge in [-0.2, -0.15) is 0 Å². The van der Waals surface area contributed by atoms with Gasteiger partial charge < -0.3 is 14.7 Å². The van der Waals surface area contributed by atoms with Crippen molar-refractivity contribution in [2.75, 3.05) is 44.2 Å². The van der Waals surface area contributed by atoms with Crippen LogP contribution in [0.15, 0.2) is 53.3 Å². The highest BCUT2D eigenvalue weighted by Gasteiger charge is 2.18. The number of anilines is 1. The molecule has 1 aliphatic heterocycles. The van der Waals surface area contributed by atoms with Crippen LogP contribution < -0.4 is 10.2 Å². The Kier molecular flexibility index (Phi) is 5.89. The molecule has 3 aromatic rings. The summed E-state index contributed by atoms with van der Waals surface area (Å²) in [4.78, 5) is 13.2. The van der Waals surface area contributed by atoms with Crippen molar-refractivity contribution in [3.8, 4) is 11.3 Å². The van der Waals surface area contributed by atoms with Crippen molar-refractivity contribution in [1.29, 1.82) is 0 Å². The first-order valence-electron chi connectivity index (χ1n) is 9.45. The highest BCUT2D eigenvalue weighted by atomic mass is 19.1. The van der Waals surface area contributed by atoms with Crippen LogP contribution in [0.25, 0.3) is 11.3 Å². The maximum atomic E-state index is 13.8. The van der Waals surface area contributed by atoms with Gasteiger partial charge in [-0.25, -0.2) is 14.4 Å². The second-order valence-corrected chi connectivity index (χ2v) is 6.71. The molecule has 0 spiro atoms. The van der Waals surface area contributed by atoms with Crippen LogP contribution in [0, 0.1) is 5.82 Å². The van der Waals surface area contributed by atoms with Crippen molar-refractivity contribution in [2.45, 2.75) is 6.54 Å². The Morgan fingerprint density at radius 3 is 2.61 bits per heavy atom. The van der Waals surface area contributed by atoms with Crippen LogP contribution in [-0.2, 0) is 6.54 Å². The molecular formula is C20H23FN6O. The van der Waals surface area contributed by atoms with Crippen LogP contribution in [0.4, 0.5) is 10.3 Å². The van der Waals surface area contributed by atoms with E-state index < -0.39 is 0 Å². The zero-order valence-corrected chi connectivity index (χ0v) is 15.6. The molecule has 1 aliphatic rings. The summed E-state index contributed by atoms with van der Waals surface area (Å²) in [5.74, 6) is 1.20. The molecule has 1 saturated heterocycles. The predicted molar refractivity (Wildman–Crippen MR) is 104 cm³/mol. The monoisotopic (exact) mass is 382 g/mol. The number of benzene rings is 1. The molecule has 4 rings (SSSR count). The van der Waals surface area contributed by atoms with E-state index in [4.69, 9.17) is 4.52 Å².